The lowest BCUT2D eigenvalue weighted by molar-refractivity contribution is 0.415. The van der Waals surface area contributed by atoms with Gasteiger partial charge in [-0.05, 0) is 42.0 Å². The molecule has 0 amide bonds. The Morgan fingerprint density at radius 1 is 0.929 bits per heavy atom. The summed E-state index contributed by atoms with van der Waals surface area (Å²) in [6.07, 6.45) is 0. The molecule has 1 aromatic heterocycles. The van der Waals surface area contributed by atoms with Gasteiger partial charge in [0.2, 0.25) is 11.8 Å². The topological polar surface area (TPSA) is 60.2 Å². The van der Waals surface area contributed by atoms with Crippen LogP contribution in [0, 0.1) is 5.82 Å². The molecule has 0 fully saturated rings. The van der Waals surface area contributed by atoms with Crippen LogP contribution < -0.4 is 10.1 Å². The first-order valence-corrected chi connectivity index (χ1v) is 8.78. The zero-order valence-electron chi connectivity index (χ0n) is 15.2. The molecule has 1 heterocycles. The molecule has 6 heteroatoms. The molecule has 1 N–H and O–H groups in total. The van der Waals surface area contributed by atoms with Gasteiger partial charge in [0.15, 0.2) is 0 Å². The molecule has 0 saturated heterocycles. The zero-order chi connectivity index (χ0) is 19.3. The van der Waals surface area contributed by atoms with Gasteiger partial charge in [-0.3, -0.25) is 0 Å². The van der Waals surface area contributed by atoms with Crippen LogP contribution in [0.3, 0.4) is 0 Å². The van der Waals surface area contributed by atoms with Crippen molar-refractivity contribution in [2.24, 2.45) is 0 Å². The molecule has 0 spiro atoms. The van der Waals surface area contributed by atoms with Crippen molar-refractivity contribution in [2.45, 2.75) is 6.04 Å². The molecule has 1 atom stereocenters. The van der Waals surface area contributed by atoms with Crippen molar-refractivity contribution in [2.75, 3.05) is 12.4 Å². The first-order valence-electron chi connectivity index (χ1n) is 8.78. The molecule has 0 radical (unpaired) electrons. The van der Waals surface area contributed by atoms with Crippen molar-refractivity contribution in [3.05, 3.63) is 96.1 Å². The fraction of sp³-hybridized carbons (Fsp3) is 0.0909. The number of ether oxygens (including phenoxy) is 1. The van der Waals surface area contributed by atoms with Crippen LogP contribution in [0.4, 0.5) is 10.1 Å². The summed E-state index contributed by atoms with van der Waals surface area (Å²) < 4.78 is 24.6. The largest absolute Gasteiger partial charge is 0.497 e. The Morgan fingerprint density at radius 2 is 1.71 bits per heavy atom. The lowest BCUT2D eigenvalue weighted by atomic mass is 10.1. The minimum absolute atomic E-state index is 0.306. The first kappa shape index (κ1) is 17.7. The van der Waals surface area contributed by atoms with E-state index in [9.17, 15) is 4.39 Å². The Morgan fingerprint density at radius 3 is 2.46 bits per heavy atom. The van der Waals surface area contributed by atoms with Gasteiger partial charge in [-0.2, -0.15) is 0 Å². The van der Waals surface area contributed by atoms with Crippen molar-refractivity contribution in [1.29, 1.82) is 0 Å². The molecular weight excluding hydrogens is 357 g/mol. The fourth-order valence-electron chi connectivity index (χ4n) is 2.87. The quantitative estimate of drug-likeness (QED) is 0.509. The van der Waals surface area contributed by atoms with E-state index in [1.807, 2.05) is 54.6 Å². The van der Waals surface area contributed by atoms with Crippen LogP contribution in [-0.2, 0) is 0 Å². The molecule has 4 rings (SSSR count). The van der Waals surface area contributed by atoms with Crippen LogP contribution in [-0.4, -0.2) is 17.3 Å². The lowest BCUT2D eigenvalue weighted by Gasteiger charge is -2.17. The van der Waals surface area contributed by atoms with E-state index in [0.29, 0.717) is 11.8 Å². The Balaban J connectivity index is 1.70. The van der Waals surface area contributed by atoms with E-state index in [0.717, 1.165) is 22.6 Å². The van der Waals surface area contributed by atoms with Gasteiger partial charge in [-0.15, -0.1) is 10.2 Å². The van der Waals surface area contributed by atoms with Crippen molar-refractivity contribution in [1.82, 2.24) is 10.2 Å². The monoisotopic (exact) mass is 375 g/mol. The van der Waals surface area contributed by atoms with E-state index < -0.39 is 6.04 Å². The van der Waals surface area contributed by atoms with Crippen molar-refractivity contribution >= 4 is 5.69 Å². The highest BCUT2D eigenvalue weighted by Gasteiger charge is 2.22. The third-order valence-corrected chi connectivity index (χ3v) is 4.29. The summed E-state index contributed by atoms with van der Waals surface area (Å²) in [5.41, 5.74) is 2.45. The molecule has 0 aliphatic heterocycles. The van der Waals surface area contributed by atoms with Gasteiger partial charge in [0, 0.05) is 17.3 Å². The van der Waals surface area contributed by atoms with Gasteiger partial charge in [0.05, 0.1) is 7.11 Å². The molecule has 3 aromatic carbocycles. The van der Waals surface area contributed by atoms with Crippen LogP contribution in [0.2, 0.25) is 0 Å². The number of rotatable bonds is 6. The summed E-state index contributed by atoms with van der Waals surface area (Å²) in [4.78, 5) is 0. The van der Waals surface area contributed by atoms with E-state index in [1.165, 1.54) is 12.1 Å². The van der Waals surface area contributed by atoms with E-state index in [1.54, 1.807) is 19.2 Å². The Kier molecular flexibility index (Phi) is 5.01. The fourth-order valence-corrected chi connectivity index (χ4v) is 2.87. The van der Waals surface area contributed by atoms with Crippen molar-refractivity contribution < 1.29 is 13.5 Å². The number of methoxy groups -OCH3 is 1. The summed E-state index contributed by atoms with van der Waals surface area (Å²) in [7, 11) is 1.61. The summed E-state index contributed by atoms with van der Waals surface area (Å²) >= 11 is 0. The van der Waals surface area contributed by atoms with Crippen molar-refractivity contribution in [3.8, 4) is 17.2 Å². The molecule has 140 valence electrons. The van der Waals surface area contributed by atoms with Crippen LogP contribution in [0.1, 0.15) is 17.5 Å². The normalized spacial score (nSPS) is 11.8. The smallest absolute Gasteiger partial charge is 0.247 e. The van der Waals surface area contributed by atoms with Crippen molar-refractivity contribution in [3.63, 3.8) is 0 Å². The molecule has 0 bridgehead atoms. The van der Waals surface area contributed by atoms with Gasteiger partial charge in [0.25, 0.3) is 0 Å². The highest BCUT2D eigenvalue weighted by atomic mass is 19.1. The highest BCUT2D eigenvalue weighted by molar-refractivity contribution is 5.53. The molecule has 0 aliphatic rings. The molecule has 4 aromatic rings. The number of nitrogens with one attached hydrogen (secondary N) is 1. The molecule has 0 aliphatic carbocycles. The summed E-state index contributed by atoms with van der Waals surface area (Å²) in [5.74, 6) is 1.22. The van der Waals surface area contributed by atoms with Crippen LogP contribution >= 0.6 is 0 Å². The third kappa shape index (κ3) is 3.86. The first-order chi connectivity index (χ1) is 13.7. The van der Waals surface area contributed by atoms with Crippen LogP contribution in [0.15, 0.2) is 83.3 Å². The number of hydrogen-bond donors (Lipinski definition) is 1. The summed E-state index contributed by atoms with van der Waals surface area (Å²) in [6.45, 7) is 0. The average molecular weight is 375 g/mol. The molecule has 0 saturated carbocycles. The predicted octanol–water partition coefficient (Wildman–Crippen LogP) is 5.09. The second kappa shape index (κ2) is 7.92. The molecular formula is C22H18FN3O2. The number of hydrogen-bond acceptors (Lipinski definition) is 5. The maximum Gasteiger partial charge on any atom is 0.247 e. The lowest BCUT2D eigenvalue weighted by Crippen LogP contribution is -2.13. The average Bonchev–Trinajstić information content (AvgIpc) is 3.23. The minimum atomic E-state index is -0.447. The second-order valence-electron chi connectivity index (χ2n) is 6.17. The zero-order valence-corrected chi connectivity index (χ0v) is 15.2. The standard InChI is InChI=1S/C22H18FN3O2/c1-27-19-9-5-8-18(14-19)24-20(15-10-12-17(23)13-11-15)22-26-25-21(28-22)16-6-3-2-4-7-16/h2-14,20,24H,1H3. The second-order valence-corrected chi connectivity index (χ2v) is 6.17. The number of anilines is 1. The van der Waals surface area contributed by atoms with E-state index >= 15 is 0 Å². The Hall–Kier alpha value is -3.67. The number of nitrogens with zero attached hydrogens (tertiary/aromatic N) is 2. The van der Waals surface area contributed by atoms with Gasteiger partial charge >= 0.3 is 0 Å². The Labute approximate surface area is 161 Å². The van der Waals surface area contributed by atoms with Gasteiger partial charge in [-0.25, -0.2) is 4.39 Å². The Bertz CT molecular complexity index is 1050. The minimum Gasteiger partial charge on any atom is -0.497 e. The van der Waals surface area contributed by atoms with Gasteiger partial charge in [-0.1, -0.05) is 36.4 Å². The third-order valence-electron chi connectivity index (χ3n) is 4.29. The predicted molar refractivity (Wildman–Crippen MR) is 105 cm³/mol. The van der Waals surface area contributed by atoms with Crippen LogP contribution in [0.5, 0.6) is 5.75 Å². The number of benzene rings is 3. The number of aromatic nitrogens is 2. The van der Waals surface area contributed by atoms with Gasteiger partial charge < -0.3 is 14.5 Å². The molecule has 1 unspecified atom stereocenters. The summed E-state index contributed by atoms with van der Waals surface area (Å²) in [5, 5.41) is 11.8. The maximum absolute atomic E-state index is 13.4. The summed E-state index contributed by atoms with van der Waals surface area (Å²) in [6, 6.07) is 22.8. The van der Waals surface area contributed by atoms with E-state index in [-0.39, 0.29) is 5.82 Å². The van der Waals surface area contributed by atoms with Crippen LogP contribution in [0.25, 0.3) is 11.5 Å². The van der Waals surface area contributed by atoms with Gasteiger partial charge in [0.1, 0.15) is 17.6 Å². The molecule has 28 heavy (non-hydrogen) atoms. The highest BCUT2D eigenvalue weighted by Crippen LogP contribution is 2.29. The number of halogens is 1. The van der Waals surface area contributed by atoms with E-state index in [4.69, 9.17) is 9.15 Å². The maximum atomic E-state index is 13.4. The van der Waals surface area contributed by atoms with E-state index in [2.05, 4.69) is 15.5 Å². The molecule has 5 nitrogen and oxygen atoms in total. The SMILES string of the molecule is COc1cccc(NC(c2ccc(F)cc2)c2nnc(-c3ccccc3)o2)c1.